The van der Waals surface area contributed by atoms with Crippen molar-refractivity contribution in [2.45, 2.75) is 19.9 Å². The van der Waals surface area contributed by atoms with Gasteiger partial charge in [0.1, 0.15) is 17.3 Å². The number of benzene rings is 3. The lowest BCUT2D eigenvalue weighted by Crippen LogP contribution is -2.29. The van der Waals surface area contributed by atoms with Crippen molar-refractivity contribution in [3.05, 3.63) is 95.1 Å². The molecular weight excluding hydrogens is 462 g/mol. The van der Waals surface area contributed by atoms with E-state index in [1.165, 1.54) is 23.1 Å². The molecule has 0 aliphatic carbocycles. The SMILES string of the molecule is CCOC(=O)c1cccc(N2C(=O)C(=O)/C(=C(/O)c3cccc(OCC)c3)C2c2ccc(O)cc2)c1. The minimum Gasteiger partial charge on any atom is -0.508 e. The van der Waals surface area contributed by atoms with Crippen LogP contribution >= 0.6 is 0 Å². The maximum Gasteiger partial charge on any atom is 0.338 e. The van der Waals surface area contributed by atoms with Gasteiger partial charge < -0.3 is 19.7 Å². The summed E-state index contributed by atoms with van der Waals surface area (Å²) in [6.45, 7) is 4.11. The Morgan fingerprint density at radius 2 is 1.61 bits per heavy atom. The highest BCUT2D eigenvalue weighted by molar-refractivity contribution is 6.51. The predicted molar refractivity (Wildman–Crippen MR) is 133 cm³/mol. The standard InChI is InChI=1S/C28H25NO7/c1-3-35-22-10-6-7-18(16-22)25(31)23-24(17-11-13-21(30)14-12-17)29(27(33)26(23)32)20-9-5-8-19(15-20)28(34)36-4-2/h5-16,24,30-31H,3-4H2,1-2H3/b25-23+. The third-order valence-corrected chi connectivity index (χ3v) is 5.71. The molecule has 184 valence electrons. The molecule has 1 heterocycles. The summed E-state index contributed by atoms with van der Waals surface area (Å²) in [5.74, 6) is -2.17. The van der Waals surface area contributed by atoms with Crippen LogP contribution in [-0.4, -0.2) is 41.1 Å². The number of hydrogen-bond donors (Lipinski definition) is 2. The van der Waals surface area contributed by atoms with Crippen LogP contribution in [0.5, 0.6) is 11.5 Å². The molecule has 0 radical (unpaired) electrons. The summed E-state index contributed by atoms with van der Waals surface area (Å²) >= 11 is 0. The molecule has 0 bridgehead atoms. The number of hydrogen-bond acceptors (Lipinski definition) is 7. The third kappa shape index (κ3) is 4.65. The summed E-state index contributed by atoms with van der Waals surface area (Å²) < 4.78 is 10.6. The molecule has 1 saturated heterocycles. The van der Waals surface area contributed by atoms with Crippen LogP contribution in [0.2, 0.25) is 0 Å². The molecule has 3 aromatic rings. The Hall–Kier alpha value is -4.59. The van der Waals surface area contributed by atoms with Crippen LogP contribution in [-0.2, 0) is 14.3 Å². The van der Waals surface area contributed by atoms with Crippen LogP contribution in [0.3, 0.4) is 0 Å². The van der Waals surface area contributed by atoms with E-state index in [1.807, 2.05) is 6.92 Å². The number of aliphatic hydroxyl groups excluding tert-OH is 1. The maximum absolute atomic E-state index is 13.3. The number of anilines is 1. The second-order valence-electron chi connectivity index (χ2n) is 7.99. The quantitative estimate of drug-likeness (QED) is 0.217. The van der Waals surface area contributed by atoms with Crippen molar-refractivity contribution in [2.24, 2.45) is 0 Å². The zero-order valence-corrected chi connectivity index (χ0v) is 19.8. The predicted octanol–water partition coefficient (Wildman–Crippen LogP) is 4.59. The highest BCUT2D eigenvalue weighted by Gasteiger charge is 2.47. The molecule has 1 aliphatic rings. The van der Waals surface area contributed by atoms with Gasteiger partial charge in [-0.25, -0.2) is 4.79 Å². The van der Waals surface area contributed by atoms with E-state index in [4.69, 9.17) is 9.47 Å². The fraction of sp³-hybridized carbons (Fsp3) is 0.179. The van der Waals surface area contributed by atoms with Gasteiger partial charge in [-0.2, -0.15) is 0 Å². The summed E-state index contributed by atoms with van der Waals surface area (Å²) in [4.78, 5) is 40.2. The summed E-state index contributed by atoms with van der Waals surface area (Å²) in [5, 5.41) is 21.1. The topological polar surface area (TPSA) is 113 Å². The average Bonchev–Trinajstić information content (AvgIpc) is 3.15. The van der Waals surface area contributed by atoms with Crippen molar-refractivity contribution in [3.63, 3.8) is 0 Å². The molecule has 1 unspecified atom stereocenters. The van der Waals surface area contributed by atoms with Crippen LogP contribution in [0.4, 0.5) is 5.69 Å². The lowest BCUT2D eigenvalue weighted by atomic mass is 9.95. The number of Topliss-reactive ketones (excluding diaryl/α,β-unsaturated/α-hetero) is 1. The molecule has 2 N–H and O–H groups in total. The van der Waals surface area contributed by atoms with Crippen molar-refractivity contribution < 1.29 is 34.1 Å². The zero-order chi connectivity index (χ0) is 25.8. The Bertz CT molecular complexity index is 1340. The molecule has 0 saturated carbocycles. The van der Waals surface area contributed by atoms with E-state index in [-0.39, 0.29) is 34.9 Å². The number of aliphatic hydroxyl groups is 1. The van der Waals surface area contributed by atoms with Crippen molar-refractivity contribution in [3.8, 4) is 11.5 Å². The first-order chi connectivity index (χ1) is 17.3. The summed E-state index contributed by atoms with van der Waals surface area (Å²) in [6.07, 6.45) is 0. The Morgan fingerprint density at radius 3 is 2.31 bits per heavy atom. The second kappa shape index (κ2) is 10.4. The van der Waals surface area contributed by atoms with Gasteiger partial charge in [0.2, 0.25) is 0 Å². The minimum atomic E-state index is -1.02. The van der Waals surface area contributed by atoms with E-state index in [0.717, 1.165) is 0 Å². The van der Waals surface area contributed by atoms with Gasteiger partial charge in [-0.1, -0.05) is 30.3 Å². The highest BCUT2D eigenvalue weighted by atomic mass is 16.5. The first-order valence-electron chi connectivity index (χ1n) is 11.5. The number of nitrogens with zero attached hydrogens (tertiary/aromatic N) is 1. The number of carbonyl (C=O) groups excluding carboxylic acids is 3. The van der Waals surface area contributed by atoms with Crippen LogP contribution in [0, 0.1) is 0 Å². The number of rotatable bonds is 7. The van der Waals surface area contributed by atoms with Gasteiger partial charge in [0.15, 0.2) is 0 Å². The number of carbonyl (C=O) groups is 3. The molecule has 0 spiro atoms. The van der Waals surface area contributed by atoms with E-state index in [0.29, 0.717) is 23.5 Å². The normalized spacial score (nSPS) is 16.7. The Morgan fingerprint density at radius 1 is 0.917 bits per heavy atom. The monoisotopic (exact) mass is 487 g/mol. The molecule has 1 aliphatic heterocycles. The Balaban J connectivity index is 1.89. The van der Waals surface area contributed by atoms with Gasteiger partial charge in [0.25, 0.3) is 11.7 Å². The number of aromatic hydroxyl groups is 1. The van der Waals surface area contributed by atoms with E-state index in [9.17, 15) is 24.6 Å². The highest BCUT2D eigenvalue weighted by Crippen LogP contribution is 2.42. The van der Waals surface area contributed by atoms with E-state index in [1.54, 1.807) is 61.5 Å². The van der Waals surface area contributed by atoms with Crippen LogP contribution in [0.1, 0.15) is 41.4 Å². The lowest BCUT2D eigenvalue weighted by molar-refractivity contribution is -0.132. The zero-order valence-electron chi connectivity index (χ0n) is 19.8. The summed E-state index contributed by atoms with van der Waals surface area (Å²) in [6, 6.07) is 17.8. The van der Waals surface area contributed by atoms with Gasteiger partial charge in [0.05, 0.1) is 30.4 Å². The Labute approximate surface area is 208 Å². The van der Waals surface area contributed by atoms with E-state index >= 15 is 0 Å². The number of ether oxygens (including phenoxy) is 2. The maximum atomic E-state index is 13.3. The van der Waals surface area contributed by atoms with Gasteiger partial charge >= 0.3 is 5.97 Å². The van der Waals surface area contributed by atoms with E-state index in [2.05, 4.69) is 0 Å². The van der Waals surface area contributed by atoms with E-state index < -0.39 is 23.7 Å². The molecule has 1 atom stereocenters. The van der Waals surface area contributed by atoms with Gasteiger partial charge in [-0.15, -0.1) is 0 Å². The fourth-order valence-electron chi connectivity index (χ4n) is 4.12. The average molecular weight is 488 g/mol. The number of esters is 1. The summed E-state index contributed by atoms with van der Waals surface area (Å²) in [5.41, 5.74) is 1.16. The van der Waals surface area contributed by atoms with Gasteiger partial charge in [0, 0.05) is 11.3 Å². The lowest BCUT2D eigenvalue weighted by Gasteiger charge is -2.26. The second-order valence-corrected chi connectivity index (χ2v) is 7.99. The number of amides is 1. The van der Waals surface area contributed by atoms with Gasteiger partial charge in [-0.3, -0.25) is 14.5 Å². The van der Waals surface area contributed by atoms with Crippen LogP contribution < -0.4 is 9.64 Å². The molecule has 3 aromatic carbocycles. The molecule has 36 heavy (non-hydrogen) atoms. The van der Waals surface area contributed by atoms with Gasteiger partial charge in [-0.05, 0) is 61.9 Å². The van der Waals surface area contributed by atoms with Crippen molar-refractivity contribution >= 4 is 29.1 Å². The van der Waals surface area contributed by atoms with Crippen molar-refractivity contribution in [1.82, 2.24) is 0 Å². The number of phenolic OH excluding ortho intramolecular Hbond substituents is 1. The first-order valence-corrected chi connectivity index (χ1v) is 11.5. The number of phenols is 1. The number of ketones is 1. The molecule has 8 nitrogen and oxygen atoms in total. The molecule has 0 aromatic heterocycles. The molecule has 1 amide bonds. The van der Waals surface area contributed by atoms with Crippen molar-refractivity contribution in [2.75, 3.05) is 18.1 Å². The third-order valence-electron chi connectivity index (χ3n) is 5.71. The smallest absolute Gasteiger partial charge is 0.338 e. The fourth-order valence-corrected chi connectivity index (χ4v) is 4.12. The summed E-state index contributed by atoms with van der Waals surface area (Å²) in [7, 11) is 0. The Kier molecular flexibility index (Phi) is 7.05. The minimum absolute atomic E-state index is 0.00410. The molecule has 1 fully saturated rings. The molecule has 8 heteroatoms. The molecular formula is C28H25NO7. The first kappa shape index (κ1) is 24.5. The van der Waals surface area contributed by atoms with Crippen LogP contribution in [0.15, 0.2) is 78.4 Å². The van der Waals surface area contributed by atoms with Crippen molar-refractivity contribution in [1.29, 1.82) is 0 Å². The largest absolute Gasteiger partial charge is 0.508 e. The molecule has 4 rings (SSSR count). The van der Waals surface area contributed by atoms with Crippen LogP contribution in [0.25, 0.3) is 5.76 Å².